The second kappa shape index (κ2) is 10.4. The molecule has 0 aliphatic carbocycles. The third-order valence-electron chi connectivity index (χ3n) is 5.33. The van der Waals surface area contributed by atoms with Crippen LogP contribution in [0.25, 0.3) is 11.3 Å². The third kappa shape index (κ3) is 5.33. The van der Waals surface area contributed by atoms with Gasteiger partial charge in [-0.2, -0.15) is 5.10 Å². The lowest BCUT2D eigenvalue weighted by atomic mass is 10.1. The number of anilines is 2. The number of rotatable bonds is 8. The molecule has 0 radical (unpaired) electrons. The van der Waals surface area contributed by atoms with Gasteiger partial charge in [-0.3, -0.25) is 0 Å². The molecule has 1 aromatic heterocycles. The zero-order valence-corrected chi connectivity index (χ0v) is 18.5. The largest absolute Gasteiger partial charge is 0.496 e. The van der Waals surface area contributed by atoms with Crippen molar-refractivity contribution in [3.8, 4) is 17.0 Å². The van der Waals surface area contributed by atoms with Crippen LogP contribution < -0.4 is 21.1 Å². The van der Waals surface area contributed by atoms with E-state index in [-0.39, 0.29) is 6.03 Å². The number of amides is 2. The van der Waals surface area contributed by atoms with E-state index in [2.05, 4.69) is 10.6 Å². The lowest BCUT2D eigenvalue weighted by Crippen LogP contribution is -2.30. The number of carbonyl (C=O) groups excluding carboxylic acids is 1. The molecular weight excluding hydrogens is 414 g/mol. The molecule has 7 heteroatoms. The van der Waals surface area contributed by atoms with E-state index in [4.69, 9.17) is 15.6 Å². The van der Waals surface area contributed by atoms with Crippen molar-refractivity contribution in [3.05, 3.63) is 96.1 Å². The molecule has 4 aromatic rings. The van der Waals surface area contributed by atoms with E-state index in [9.17, 15) is 4.79 Å². The minimum atomic E-state index is -0.340. The van der Waals surface area contributed by atoms with Crippen molar-refractivity contribution in [2.75, 3.05) is 24.7 Å². The Morgan fingerprint density at radius 1 is 0.970 bits per heavy atom. The first kappa shape index (κ1) is 22.0. The number of benzene rings is 3. The highest BCUT2D eigenvalue weighted by molar-refractivity contribution is 5.97. The van der Waals surface area contributed by atoms with Crippen molar-refractivity contribution < 1.29 is 9.53 Å². The Kier molecular flexibility index (Phi) is 6.90. The molecule has 1 heterocycles. The summed E-state index contributed by atoms with van der Waals surface area (Å²) in [5.74, 6) is 1.20. The molecule has 7 nitrogen and oxygen atoms in total. The summed E-state index contributed by atoms with van der Waals surface area (Å²) >= 11 is 0. The van der Waals surface area contributed by atoms with E-state index in [1.165, 1.54) is 0 Å². The van der Waals surface area contributed by atoms with E-state index in [0.717, 1.165) is 22.4 Å². The molecule has 0 unspecified atom stereocenters. The number of aromatic nitrogens is 2. The monoisotopic (exact) mass is 441 g/mol. The van der Waals surface area contributed by atoms with E-state index in [0.29, 0.717) is 36.7 Å². The van der Waals surface area contributed by atoms with Crippen LogP contribution in [-0.2, 0) is 13.0 Å². The number of hydrogen-bond donors (Lipinski definition) is 3. The Hall–Kier alpha value is -4.26. The topological polar surface area (TPSA) is 94.2 Å². The van der Waals surface area contributed by atoms with Crippen molar-refractivity contribution in [1.29, 1.82) is 0 Å². The molecule has 0 spiro atoms. The van der Waals surface area contributed by atoms with Crippen LogP contribution in [0.5, 0.6) is 5.75 Å². The molecule has 2 amide bonds. The van der Waals surface area contributed by atoms with Gasteiger partial charge in [-0.15, -0.1) is 0 Å². The number of nitrogens with two attached hydrogens (primary N) is 1. The van der Waals surface area contributed by atoms with Crippen molar-refractivity contribution >= 4 is 17.5 Å². The average molecular weight is 442 g/mol. The molecule has 4 rings (SSSR count). The van der Waals surface area contributed by atoms with Gasteiger partial charge in [-0.25, -0.2) is 9.48 Å². The standard InChI is InChI=1S/C26H27N5O2/c1-33-22-15-9-8-12-20(22)16-17-28-26(32)29-24-23(21-13-6-3-7-14-21)30-31(25(24)27)18-19-10-4-2-5-11-19/h2-15H,16-18,27H2,1H3,(H2,28,29,32). The van der Waals surface area contributed by atoms with Gasteiger partial charge in [0.25, 0.3) is 0 Å². The minimum absolute atomic E-state index is 0.340. The average Bonchev–Trinajstić information content (AvgIpc) is 3.15. The minimum Gasteiger partial charge on any atom is -0.496 e. The van der Waals surface area contributed by atoms with Gasteiger partial charge in [0.15, 0.2) is 0 Å². The molecule has 3 aromatic carbocycles. The second-order valence-corrected chi connectivity index (χ2v) is 7.56. The van der Waals surface area contributed by atoms with E-state index in [1.54, 1.807) is 11.8 Å². The highest BCUT2D eigenvalue weighted by Crippen LogP contribution is 2.32. The Morgan fingerprint density at radius 2 is 1.64 bits per heavy atom. The second-order valence-electron chi connectivity index (χ2n) is 7.56. The van der Waals surface area contributed by atoms with Crippen LogP contribution in [-0.4, -0.2) is 29.5 Å². The van der Waals surface area contributed by atoms with E-state index < -0.39 is 0 Å². The first-order valence-corrected chi connectivity index (χ1v) is 10.8. The van der Waals surface area contributed by atoms with Crippen molar-refractivity contribution in [2.45, 2.75) is 13.0 Å². The number of methoxy groups -OCH3 is 1. The Labute approximate surface area is 193 Å². The Morgan fingerprint density at radius 3 is 2.36 bits per heavy atom. The molecule has 0 aliphatic rings. The maximum atomic E-state index is 12.7. The highest BCUT2D eigenvalue weighted by Gasteiger charge is 2.19. The van der Waals surface area contributed by atoms with Crippen LogP contribution in [0.2, 0.25) is 0 Å². The summed E-state index contributed by atoms with van der Waals surface area (Å²) in [6.07, 6.45) is 0.645. The van der Waals surface area contributed by atoms with E-state index >= 15 is 0 Å². The number of nitrogen functional groups attached to an aromatic ring is 1. The van der Waals surface area contributed by atoms with Gasteiger partial charge in [0, 0.05) is 12.1 Å². The summed E-state index contributed by atoms with van der Waals surface area (Å²) in [4.78, 5) is 12.7. The number of nitrogens with one attached hydrogen (secondary N) is 2. The number of para-hydroxylation sites is 1. The number of nitrogens with zero attached hydrogens (tertiary/aromatic N) is 2. The molecular formula is C26H27N5O2. The molecule has 168 valence electrons. The first-order chi connectivity index (χ1) is 16.2. The van der Waals surface area contributed by atoms with Crippen LogP contribution >= 0.6 is 0 Å². The normalized spacial score (nSPS) is 10.6. The SMILES string of the molecule is COc1ccccc1CCNC(=O)Nc1c(-c2ccccc2)nn(Cc2ccccc2)c1N. The van der Waals surface area contributed by atoms with Gasteiger partial charge in [-0.05, 0) is 23.6 Å². The molecule has 0 saturated carbocycles. The summed E-state index contributed by atoms with van der Waals surface area (Å²) in [7, 11) is 1.64. The summed E-state index contributed by atoms with van der Waals surface area (Å²) in [5, 5.41) is 10.5. The van der Waals surface area contributed by atoms with Crippen molar-refractivity contribution in [1.82, 2.24) is 15.1 Å². The number of urea groups is 1. The van der Waals surface area contributed by atoms with Crippen molar-refractivity contribution in [2.24, 2.45) is 0 Å². The highest BCUT2D eigenvalue weighted by atomic mass is 16.5. The lowest BCUT2D eigenvalue weighted by Gasteiger charge is -2.11. The molecule has 4 N–H and O–H groups in total. The predicted molar refractivity (Wildman–Crippen MR) is 131 cm³/mol. The maximum Gasteiger partial charge on any atom is 0.319 e. The molecule has 0 bridgehead atoms. The van der Waals surface area contributed by atoms with Crippen LogP contribution in [0.1, 0.15) is 11.1 Å². The van der Waals surface area contributed by atoms with Gasteiger partial charge in [0.2, 0.25) is 0 Å². The predicted octanol–water partition coefficient (Wildman–Crippen LogP) is 4.55. The van der Waals surface area contributed by atoms with Crippen LogP contribution in [0.3, 0.4) is 0 Å². The summed E-state index contributed by atoms with van der Waals surface area (Å²) < 4.78 is 7.09. The summed E-state index contributed by atoms with van der Waals surface area (Å²) in [6, 6.07) is 27.0. The fourth-order valence-electron chi connectivity index (χ4n) is 3.65. The van der Waals surface area contributed by atoms with Crippen LogP contribution in [0.4, 0.5) is 16.3 Å². The van der Waals surface area contributed by atoms with Gasteiger partial charge < -0.3 is 21.1 Å². The fraction of sp³-hybridized carbons (Fsp3) is 0.154. The first-order valence-electron chi connectivity index (χ1n) is 10.8. The Balaban J connectivity index is 1.51. The summed E-state index contributed by atoms with van der Waals surface area (Å²) in [5.41, 5.74) is 10.5. The fourth-order valence-corrected chi connectivity index (χ4v) is 3.65. The Bertz CT molecular complexity index is 1210. The van der Waals surface area contributed by atoms with Gasteiger partial charge in [0.1, 0.15) is 22.9 Å². The number of carbonyl (C=O) groups is 1. The van der Waals surface area contributed by atoms with Gasteiger partial charge in [0.05, 0.1) is 13.7 Å². The molecule has 0 aliphatic heterocycles. The van der Waals surface area contributed by atoms with Crippen LogP contribution in [0, 0.1) is 0 Å². The summed E-state index contributed by atoms with van der Waals surface area (Å²) in [6.45, 7) is 0.953. The molecule has 0 saturated heterocycles. The molecule has 33 heavy (non-hydrogen) atoms. The maximum absolute atomic E-state index is 12.7. The molecule has 0 fully saturated rings. The van der Waals surface area contributed by atoms with E-state index in [1.807, 2.05) is 84.9 Å². The zero-order valence-electron chi connectivity index (χ0n) is 18.5. The molecule has 0 atom stereocenters. The number of ether oxygens (including phenoxy) is 1. The van der Waals surface area contributed by atoms with Crippen LogP contribution in [0.15, 0.2) is 84.9 Å². The third-order valence-corrected chi connectivity index (χ3v) is 5.33. The zero-order chi connectivity index (χ0) is 23.0. The van der Waals surface area contributed by atoms with Gasteiger partial charge >= 0.3 is 6.03 Å². The quantitative estimate of drug-likeness (QED) is 0.374. The van der Waals surface area contributed by atoms with Crippen molar-refractivity contribution in [3.63, 3.8) is 0 Å². The van der Waals surface area contributed by atoms with Gasteiger partial charge in [-0.1, -0.05) is 78.9 Å². The lowest BCUT2D eigenvalue weighted by molar-refractivity contribution is 0.252. The number of hydrogen-bond acceptors (Lipinski definition) is 4. The smallest absolute Gasteiger partial charge is 0.319 e.